The summed E-state index contributed by atoms with van der Waals surface area (Å²) in [5.41, 5.74) is 0. The molecular formula is C57H99NO10. The number of allylic oxidation sites excluding steroid dienone is 11. The summed E-state index contributed by atoms with van der Waals surface area (Å²) in [6.45, 7) is 3.99. The first-order valence-corrected chi connectivity index (χ1v) is 27.2. The van der Waals surface area contributed by atoms with Gasteiger partial charge in [-0.25, -0.2) is 0 Å². The Hall–Kier alpha value is -2.90. The summed E-state index contributed by atoms with van der Waals surface area (Å²) in [7, 11) is 0. The number of aliphatic hydroxyl groups is 5. The molecule has 6 N–H and O–H groups in total. The molecule has 1 aliphatic rings. The number of rotatable bonds is 45. The molecule has 0 aromatic carbocycles. The van der Waals surface area contributed by atoms with E-state index in [1.165, 1.54) is 77.0 Å². The fourth-order valence-electron chi connectivity index (χ4n) is 7.97. The number of ether oxygens (including phenoxy) is 3. The second kappa shape index (κ2) is 46.5. The molecule has 68 heavy (non-hydrogen) atoms. The SMILES string of the molecule is C/C=C/CC/C=C/CC/C=C/C(O)C(COC1OC(CO)C(O)C(O)C1O)NC(=O)CCCCCCC/C=C\CCCCCCCCCOC(=O)CCCCCCC/C=C\C/C=C\CCCCC. The van der Waals surface area contributed by atoms with Gasteiger partial charge in [0.05, 0.1) is 32.0 Å². The van der Waals surface area contributed by atoms with E-state index in [1.807, 2.05) is 19.1 Å². The van der Waals surface area contributed by atoms with Crippen molar-refractivity contribution < 1.29 is 49.3 Å². The molecule has 0 radical (unpaired) electrons. The van der Waals surface area contributed by atoms with Gasteiger partial charge in [0, 0.05) is 12.8 Å². The Balaban J connectivity index is 2.10. The topological polar surface area (TPSA) is 175 Å². The van der Waals surface area contributed by atoms with Gasteiger partial charge in [-0.15, -0.1) is 0 Å². The van der Waals surface area contributed by atoms with Gasteiger partial charge in [0.2, 0.25) is 5.91 Å². The Bertz CT molecular complexity index is 1360. The third-order valence-corrected chi connectivity index (χ3v) is 12.3. The summed E-state index contributed by atoms with van der Waals surface area (Å²) in [4.78, 5) is 25.0. The summed E-state index contributed by atoms with van der Waals surface area (Å²) in [5, 5.41) is 54.0. The predicted molar refractivity (Wildman–Crippen MR) is 278 cm³/mol. The lowest BCUT2D eigenvalue weighted by molar-refractivity contribution is -0.302. The fourth-order valence-corrected chi connectivity index (χ4v) is 7.97. The number of carbonyl (C=O) groups is 2. The minimum atomic E-state index is -1.59. The maximum atomic E-state index is 12.9. The normalized spacial score (nSPS) is 20.0. The lowest BCUT2D eigenvalue weighted by Gasteiger charge is -2.40. The minimum absolute atomic E-state index is 0.0378. The molecule has 7 unspecified atom stereocenters. The molecule has 1 amide bonds. The Morgan fingerprint density at radius 3 is 1.63 bits per heavy atom. The van der Waals surface area contributed by atoms with Gasteiger partial charge in [0.1, 0.15) is 24.4 Å². The van der Waals surface area contributed by atoms with Gasteiger partial charge >= 0.3 is 5.97 Å². The molecule has 7 atom stereocenters. The average molecular weight is 958 g/mol. The van der Waals surface area contributed by atoms with Crippen LogP contribution in [0.25, 0.3) is 0 Å². The molecule has 392 valence electrons. The lowest BCUT2D eigenvalue weighted by atomic mass is 9.99. The lowest BCUT2D eigenvalue weighted by Crippen LogP contribution is -2.60. The standard InChI is InChI=1S/C57H99NO10/c1-3-5-7-9-11-13-14-15-18-22-25-29-33-37-41-45-53(62)66-46-42-38-34-30-26-23-20-17-16-19-21-24-28-32-36-40-44-52(61)58-49(50(60)43-39-35-31-27-12-10-8-6-4-2)48-67-57-56(65)55(64)54(63)51(47-59)68-57/h4,6,11-13,15-16,18-19,27,39,43,49-51,54-57,59-60,63-65H,3,5,7-10,14,17,20-26,28-38,40-42,44-48H2,1-2H3,(H,58,61)/b6-4+,13-11-,18-15-,19-16-,27-12+,43-39+. The quantitative estimate of drug-likeness (QED) is 0.0196. The summed E-state index contributed by atoms with van der Waals surface area (Å²) < 4.78 is 16.6. The molecule has 0 spiro atoms. The average Bonchev–Trinajstić information content (AvgIpc) is 3.33. The van der Waals surface area contributed by atoms with Crippen LogP contribution in [0.4, 0.5) is 0 Å². The first-order chi connectivity index (χ1) is 33.2. The number of aliphatic hydroxyl groups excluding tert-OH is 5. The van der Waals surface area contributed by atoms with Crippen molar-refractivity contribution >= 4 is 11.9 Å². The van der Waals surface area contributed by atoms with Crippen LogP contribution < -0.4 is 5.32 Å². The van der Waals surface area contributed by atoms with Crippen molar-refractivity contribution in [2.45, 2.75) is 256 Å². The van der Waals surface area contributed by atoms with Gasteiger partial charge in [-0.3, -0.25) is 9.59 Å². The van der Waals surface area contributed by atoms with E-state index in [4.69, 9.17) is 14.2 Å². The van der Waals surface area contributed by atoms with Crippen molar-refractivity contribution in [3.8, 4) is 0 Å². The molecule has 0 aromatic heterocycles. The molecule has 1 heterocycles. The largest absolute Gasteiger partial charge is 0.466 e. The highest BCUT2D eigenvalue weighted by Crippen LogP contribution is 2.22. The zero-order chi connectivity index (χ0) is 49.6. The highest BCUT2D eigenvalue weighted by atomic mass is 16.7. The summed E-state index contributed by atoms with van der Waals surface area (Å²) in [6.07, 6.45) is 50.1. The van der Waals surface area contributed by atoms with E-state index in [-0.39, 0.29) is 18.5 Å². The van der Waals surface area contributed by atoms with Gasteiger partial charge in [0.25, 0.3) is 0 Å². The van der Waals surface area contributed by atoms with Gasteiger partial charge in [-0.2, -0.15) is 0 Å². The Labute approximate surface area is 413 Å². The van der Waals surface area contributed by atoms with E-state index >= 15 is 0 Å². The first-order valence-electron chi connectivity index (χ1n) is 27.2. The van der Waals surface area contributed by atoms with Gasteiger partial charge in [-0.1, -0.05) is 163 Å². The van der Waals surface area contributed by atoms with Gasteiger partial charge in [0.15, 0.2) is 6.29 Å². The second-order valence-corrected chi connectivity index (χ2v) is 18.6. The summed E-state index contributed by atoms with van der Waals surface area (Å²) in [6, 6.07) is -0.847. The molecule has 0 aromatic rings. The monoisotopic (exact) mass is 958 g/mol. The highest BCUT2D eigenvalue weighted by molar-refractivity contribution is 5.76. The fraction of sp³-hybridized carbons (Fsp3) is 0.754. The van der Waals surface area contributed by atoms with E-state index in [0.29, 0.717) is 25.9 Å². The van der Waals surface area contributed by atoms with Crippen molar-refractivity contribution in [3.05, 3.63) is 72.9 Å². The van der Waals surface area contributed by atoms with Crippen molar-refractivity contribution in [2.75, 3.05) is 19.8 Å². The Kier molecular flexibility index (Phi) is 43.1. The van der Waals surface area contributed by atoms with Crippen LogP contribution in [-0.4, -0.2) is 100 Å². The van der Waals surface area contributed by atoms with E-state index in [0.717, 1.165) is 103 Å². The molecule has 11 nitrogen and oxygen atoms in total. The van der Waals surface area contributed by atoms with Crippen LogP contribution in [0.2, 0.25) is 0 Å². The molecule has 0 saturated carbocycles. The maximum Gasteiger partial charge on any atom is 0.305 e. The molecule has 1 fully saturated rings. The smallest absolute Gasteiger partial charge is 0.305 e. The number of hydrogen-bond acceptors (Lipinski definition) is 10. The number of esters is 1. The zero-order valence-corrected chi connectivity index (χ0v) is 42.8. The van der Waals surface area contributed by atoms with Crippen molar-refractivity contribution in [2.24, 2.45) is 0 Å². The van der Waals surface area contributed by atoms with Crippen molar-refractivity contribution in [1.82, 2.24) is 5.32 Å². The Morgan fingerprint density at radius 1 is 0.574 bits per heavy atom. The van der Waals surface area contributed by atoms with Crippen LogP contribution in [0.1, 0.15) is 213 Å². The van der Waals surface area contributed by atoms with Crippen LogP contribution >= 0.6 is 0 Å². The summed E-state index contributed by atoms with van der Waals surface area (Å²) >= 11 is 0. The third kappa shape index (κ3) is 36.1. The van der Waals surface area contributed by atoms with Crippen LogP contribution in [-0.2, 0) is 23.8 Å². The maximum absolute atomic E-state index is 12.9. The molecule has 0 bridgehead atoms. The van der Waals surface area contributed by atoms with E-state index in [1.54, 1.807) is 6.08 Å². The molecule has 0 aliphatic carbocycles. The Morgan fingerprint density at radius 2 is 1.06 bits per heavy atom. The third-order valence-electron chi connectivity index (χ3n) is 12.3. The molecule has 1 saturated heterocycles. The number of hydrogen-bond donors (Lipinski definition) is 6. The summed E-state index contributed by atoms with van der Waals surface area (Å²) in [5.74, 6) is -0.257. The predicted octanol–water partition coefficient (Wildman–Crippen LogP) is 11.7. The number of carbonyl (C=O) groups excluding carboxylic acids is 2. The van der Waals surface area contributed by atoms with Gasteiger partial charge in [-0.05, 0) is 110 Å². The minimum Gasteiger partial charge on any atom is -0.466 e. The number of amides is 1. The first kappa shape index (κ1) is 63.1. The van der Waals surface area contributed by atoms with Crippen LogP contribution in [0.5, 0.6) is 0 Å². The van der Waals surface area contributed by atoms with E-state index in [2.05, 4.69) is 66.9 Å². The van der Waals surface area contributed by atoms with E-state index < -0.39 is 49.5 Å². The number of unbranched alkanes of at least 4 members (excludes halogenated alkanes) is 22. The van der Waals surface area contributed by atoms with Crippen molar-refractivity contribution in [1.29, 1.82) is 0 Å². The van der Waals surface area contributed by atoms with Gasteiger partial charge < -0.3 is 45.1 Å². The molecule has 1 aliphatic heterocycles. The van der Waals surface area contributed by atoms with Crippen LogP contribution in [0.3, 0.4) is 0 Å². The second-order valence-electron chi connectivity index (χ2n) is 18.6. The van der Waals surface area contributed by atoms with Crippen LogP contribution in [0.15, 0.2) is 72.9 Å². The molecule has 11 heteroatoms. The van der Waals surface area contributed by atoms with E-state index in [9.17, 15) is 35.1 Å². The zero-order valence-electron chi connectivity index (χ0n) is 42.8. The molecular weight excluding hydrogens is 859 g/mol. The number of nitrogens with one attached hydrogen (secondary N) is 1. The van der Waals surface area contributed by atoms with Crippen LogP contribution in [0, 0.1) is 0 Å². The highest BCUT2D eigenvalue weighted by Gasteiger charge is 2.44. The van der Waals surface area contributed by atoms with Crippen molar-refractivity contribution in [3.63, 3.8) is 0 Å². The molecule has 1 rings (SSSR count).